The minimum absolute atomic E-state index is 0.0921. The van der Waals surface area contributed by atoms with Crippen molar-refractivity contribution in [3.8, 4) is 0 Å². The molecule has 3 heteroatoms. The second kappa shape index (κ2) is 7.06. The number of hydrogen-bond donors (Lipinski definition) is 1. The van der Waals surface area contributed by atoms with Crippen LogP contribution in [0.1, 0.15) is 16.7 Å². The van der Waals surface area contributed by atoms with Gasteiger partial charge in [-0.2, -0.15) is 0 Å². The molecule has 1 amide bonds. The predicted molar refractivity (Wildman–Crippen MR) is 86.2 cm³/mol. The average molecular weight is 330 g/mol. The van der Waals surface area contributed by atoms with E-state index in [9.17, 15) is 4.79 Å². The van der Waals surface area contributed by atoms with E-state index in [4.69, 9.17) is 0 Å². The zero-order chi connectivity index (χ0) is 14.4. The van der Waals surface area contributed by atoms with E-state index in [1.54, 1.807) is 6.08 Å². The molecular formula is C17H16BrNO. The van der Waals surface area contributed by atoms with Gasteiger partial charge in [0.25, 0.3) is 0 Å². The van der Waals surface area contributed by atoms with Crippen LogP contribution in [0.15, 0.2) is 59.1 Å². The fourth-order valence-electron chi connectivity index (χ4n) is 1.74. The van der Waals surface area contributed by atoms with Crippen molar-refractivity contribution in [2.45, 2.75) is 13.5 Å². The summed E-state index contributed by atoms with van der Waals surface area (Å²) in [5, 5.41) is 2.86. The van der Waals surface area contributed by atoms with Crippen molar-refractivity contribution in [2.75, 3.05) is 0 Å². The van der Waals surface area contributed by atoms with Crippen LogP contribution in [0.5, 0.6) is 0 Å². The fourth-order valence-corrected chi connectivity index (χ4v) is 2.19. The lowest BCUT2D eigenvalue weighted by atomic mass is 10.1. The predicted octanol–water partition coefficient (Wildman–Crippen LogP) is 4.09. The SMILES string of the molecule is Cc1ccc(/C=C/C(=O)NCc2cccc(Br)c2)cc1. The van der Waals surface area contributed by atoms with E-state index in [0.717, 1.165) is 15.6 Å². The van der Waals surface area contributed by atoms with Gasteiger partial charge in [0, 0.05) is 17.1 Å². The highest BCUT2D eigenvalue weighted by Gasteiger charge is 1.97. The molecule has 0 aliphatic heterocycles. The highest BCUT2D eigenvalue weighted by Crippen LogP contribution is 2.11. The summed E-state index contributed by atoms with van der Waals surface area (Å²) in [5.41, 5.74) is 3.30. The third-order valence-corrected chi connectivity index (χ3v) is 3.35. The Bertz CT molecular complexity index is 617. The van der Waals surface area contributed by atoms with Crippen molar-refractivity contribution in [1.82, 2.24) is 5.32 Å². The van der Waals surface area contributed by atoms with Crippen molar-refractivity contribution >= 4 is 27.9 Å². The van der Waals surface area contributed by atoms with Gasteiger partial charge in [-0.05, 0) is 36.3 Å². The van der Waals surface area contributed by atoms with Crippen LogP contribution >= 0.6 is 15.9 Å². The number of carbonyl (C=O) groups excluding carboxylic acids is 1. The summed E-state index contributed by atoms with van der Waals surface area (Å²) in [6, 6.07) is 15.9. The molecular weight excluding hydrogens is 314 g/mol. The van der Waals surface area contributed by atoms with Crippen molar-refractivity contribution in [2.24, 2.45) is 0 Å². The molecule has 0 atom stereocenters. The van der Waals surface area contributed by atoms with Crippen molar-refractivity contribution in [3.05, 3.63) is 75.8 Å². The second-order valence-electron chi connectivity index (χ2n) is 4.59. The monoisotopic (exact) mass is 329 g/mol. The summed E-state index contributed by atoms with van der Waals surface area (Å²) in [6.07, 6.45) is 3.37. The molecule has 2 nitrogen and oxygen atoms in total. The lowest BCUT2D eigenvalue weighted by Crippen LogP contribution is -2.20. The Morgan fingerprint density at radius 3 is 2.65 bits per heavy atom. The van der Waals surface area contributed by atoms with Gasteiger partial charge < -0.3 is 5.32 Å². The Labute approximate surface area is 127 Å². The largest absolute Gasteiger partial charge is 0.348 e. The Morgan fingerprint density at radius 1 is 1.20 bits per heavy atom. The van der Waals surface area contributed by atoms with Crippen LogP contribution in [0, 0.1) is 6.92 Å². The molecule has 1 N–H and O–H groups in total. The number of carbonyl (C=O) groups is 1. The van der Waals surface area contributed by atoms with Gasteiger partial charge in [-0.1, -0.05) is 57.9 Å². The van der Waals surface area contributed by atoms with Crippen molar-refractivity contribution in [3.63, 3.8) is 0 Å². The van der Waals surface area contributed by atoms with Crippen molar-refractivity contribution < 1.29 is 4.79 Å². The number of halogens is 1. The van der Waals surface area contributed by atoms with Crippen LogP contribution < -0.4 is 5.32 Å². The first-order valence-electron chi connectivity index (χ1n) is 6.40. The van der Waals surface area contributed by atoms with Crippen LogP contribution in [0.25, 0.3) is 6.08 Å². The molecule has 0 bridgehead atoms. The lowest BCUT2D eigenvalue weighted by molar-refractivity contribution is -0.116. The van der Waals surface area contributed by atoms with E-state index in [1.165, 1.54) is 5.56 Å². The van der Waals surface area contributed by atoms with Gasteiger partial charge in [-0.25, -0.2) is 0 Å². The standard InChI is InChI=1S/C17H16BrNO/c1-13-5-7-14(8-6-13)9-10-17(20)19-12-15-3-2-4-16(18)11-15/h2-11H,12H2,1H3,(H,19,20)/b10-9+. The minimum atomic E-state index is -0.0921. The number of aryl methyl sites for hydroxylation is 1. The topological polar surface area (TPSA) is 29.1 Å². The van der Waals surface area contributed by atoms with Crippen LogP contribution in [0.4, 0.5) is 0 Å². The average Bonchev–Trinajstić information content (AvgIpc) is 2.45. The first-order valence-corrected chi connectivity index (χ1v) is 7.20. The Kier molecular flexibility index (Phi) is 5.13. The van der Waals surface area contributed by atoms with E-state index < -0.39 is 0 Å². The second-order valence-corrected chi connectivity index (χ2v) is 5.51. The van der Waals surface area contributed by atoms with Gasteiger partial charge in [0.15, 0.2) is 0 Å². The Balaban J connectivity index is 1.88. The molecule has 2 aromatic carbocycles. The molecule has 102 valence electrons. The molecule has 20 heavy (non-hydrogen) atoms. The zero-order valence-corrected chi connectivity index (χ0v) is 12.9. The van der Waals surface area contributed by atoms with Gasteiger partial charge in [0.1, 0.15) is 0 Å². The quantitative estimate of drug-likeness (QED) is 0.841. The highest BCUT2D eigenvalue weighted by molar-refractivity contribution is 9.10. The van der Waals surface area contributed by atoms with E-state index in [-0.39, 0.29) is 5.91 Å². The summed E-state index contributed by atoms with van der Waals surface area (Å²) < 4.78 is 1.01. The lowest BCUT2D eigenvalue weighted by Gasteiger charge is -2.03. The maximum Gasteiger partial charge on any atom is 0.244 e. The molecule has 0 fully saturated rings. The molecule has 0 aliphatic rings. The fraction of sp³-hybridized carbons (Fsp3) is 0.118. The molecule has 0 heterocycles. The van der Waals surface area contributed by atoms with Gasteiger partial charge in [-0.3, -0.25) is 4.79 Å². The first-order chi connectivity index (χ1) is 9.63. The van der Waals surface area contributed by atoms with E-state index in [2.05, 4.69) is 21.2 Å². The zero-order valence-electron chi connectivity index (χ0n) is 11.3. The minimum Gasteiger partial charge on any atom is -0.348 e. The molecule has 0 spiro atoms. The van der Waals surface area contributed by atoms with Crippen LogP contribution in [0.3, 0.4) is 0 Å². The summed E-state index contributed by atoms with van der Waals surface area (Å²) in [6.45, 7) is 2.56. The van der Waals surface area contributed by atoms with Gasteiger partial charge in [-0.15, -0.1) is 0 Å². The molecule has 0 unspecified atom stereocenters. The number of nitrogens with one attached hydrogen (secondary N) is 1. The molecule has 0 radical (unpaired) electrons. The molecule has 0 saturated carbocycles. The normalized spacial score (nSPS) is 10.7. The maximum atomic E-state index is 11.7. The summed E-state index contributed by atoms with van der Waals surface area (Å²) >= 11 is 3.41. The molecule has 0 aliphatic carbocycles. The number of amides is 1. The van der Waals surface area contributed by atoms with E-state index in [0.29, 0.717) is 6.54 Å². The maximum absolute atomic E-state index is 11.7. The highest BCUT2D eigenvalue weighted by atomic mass is 79.9. The molecule has 2 aromatic rings. The van der Waals surface area contributed by atoms with Crippen molar-refractivity contribution in [1.29, 1.82) is 0 Å². The molecule has 0 aromatic heterocycles. The van der Waals surface area contributed by atoms with Crippen LogP contribution in [-0.2, 0) is 11.3 Å². The summed E-state index contributed by atoms with van der Waals surface area (Å²) in [4.78, 5) is 11.7. The molecule has 0 saturated heterocycles. The summed E-state index contributed by atoms with van der Waals surface area (Å²) in [5.74, 6) is -0.0921. The van der Waals surface area contributed by atoms with E-state index in [1.807, 2.05) is 61.5 Å². The number of benzene rings is 2. The number of hydrogen-bond acceptors (Lipinski definition) is 1. The smallest absolute Gasteiger partial charge is 0.244 e. The van der Waals surface area contributed by atoms with E-state index >= 15 is 0 Å². The third-order valence-electron chi connectivity index (χ3n) is 2.86. The summed E-state index contributed by atoms with van der Waals surface area (Å²) in [7, 11) is 0. The van der Waals surface area contributed by atoms with Gasteiger partial charge in [0.2, 0.25) is 5.91 Å². The Morgan fingerprint density at radius 2 is 1.95 bits per heavy atom. The number of rotatable bonds is 4. The van der Waals surface area contributed by atoms with Crippen LogP contribution in [-0.4, -0.2) is 5.91 Å². The third kappa shape index (κ3) is 4.67. The Hall–Kier alpha value is -1.87. The first kappa shape index (κ1) is 14.5. The molecule has 2 rings (SSSR count). The van der Waals surface area contributed by atoms with Gasteiger partial charge >= 0.3 is 0 Å². The van der Waals surface area contributed by atoms with Gasteiger partial charge in [0.05, 0.1) is 0 Å². The van der Waals surface area contributed by atoms with Crippen LogP contribution in [0.2, 0.25) is 0 Å².